The molecule has 0 saturated heterocycles. The Labute approximate surface area is 81.9 Å². The smallest absolute Gasteiger partial charge is 0.108 e. The zero-order chi connectivity index (χ0) is 9.26. The van der Waals surface area contributed by atoms with Gasteiger partial charge in [-0.05, 0) is 24.5 Å². The van der Waals surface area contributed by atoms with Crippen LogP contribution in [0, 0.1) is 6.92 Å². The summed E-state index contributed by atoms with van der Waals surface area (Å²) in [5.74, 6) is 0. The molecule has 0 amide bonds. The van der Waals surface area contributed by atoms with Crippen LogP contribution in [-0.2, 0) is 6.42 Å². The molecule has 13 heavy (non-hydrogen) atoms. The Balaban J connectivity index is 2.64. The van der Waals surface area contributed by atoms with Crippen molar-refractivity contribution in [1.29, 1.82) is 0 Å². The van der Waals surface area contributed by atoms with Crippen LogP contribution in [0.2, 0.25) is 0 Å². The average Bonchev–Trinajstić information content (AvgIpc) is 2.59. The van der Waals surface area contributed by atoms with Crippen molar-refractivity contribution in [2.45, 2.75) is 26.7 Å². The Morgan fingerprint density at radius 1 is 1.23 bits per heavy atom. The maximum atomic E-state index is 4.33. The predicted octanol–water partition coefficient (Wildman–Crippen LogP) is 2.95. The molecule has 1 heterocycles. The van der Waals surface area contributed by atoms with Gasteiger partial charge in [0.05, 0.1) is 11.7 Å². The van der Waals surface area contributed by atoms with Crippen molar-refractivity contribution in [1.82, 2.24) is 8.75 Å². The third-order valence-electron chi connectivity index (χ3n) is 2.22. The van der Waals surface area contributed by atoms with Crippen LogP contribution in [0.3, 0.4) is 0 Å². The average molecular weight is 192 g/mol. The standard InChI is InChI=1S/C10H12N2S/c1-3-4-8-6-5-7(2)9-10(8)12-13-11-9/h5-6H,3-4H2,1-2H3. The fourth-order valence-corrected chi connectivity index (χ4v) is 2.15. The van der Waals surface area contributed by atoms with Crippen LogP contribution < -0.4 is 0 Å². The molecule has 0 radical (unpaired) electrons. The van der Waals surface area contributed by atoms with Gasteiger partial charge in [0.25, 0.3) is 0 Å². The summed E-state index contributed by atoms with van der Waals surface area (Å²) in [6, 6.07) is 4.30. The lowest BCUT2D eigenvalue weighted by atomic mass is 10.1. The number of benzene rings is 1. The normalized spacial score (nSPS) is 10.9. The number of aromatic nitrogens is 2. The Bertz CT molecular complexity index is 420. The van der Waals surface area contributed by atoms with Gasteiger partial charge >= 0.3 is 0 Å². The quantitative estimate of drug-likeness (QED) is 0.731. The number of hydrogen-bond acceptors (Lipinski definition) is 3. The summed E-state index contributed by atoms with van der Waals surface area (Å²) in [5.41, 5.74) is 4.74. The highest BCUT2D eigenvalue weighted by Gasteiger charge is 2.06. The van der Waals surface area contributed by atoms with E-state index in [1.807, 2.05) is 0 Å². The molecular weight excluding hydrogens is 180 g/mol. The molecular formula is C10H12N2S. The second kappa shape index (κ2) is 3.42. The van der Waals surface area contributed by atoms with Gasteiger partial charge in [-0.2, -0.15) is 8.75 Å². The molecule has 0 aliphatic carbocycles. The molecule has 2 rings (SSSR count). The number of hydrogen-bond donors (Lipinski definition) is 0. The third-order valence-corrected chi connectivity index (χ3v) is 2.75. The molecule has 0 aliphatic rings. The first-order chi connectivity index (χ1) is 6.33. The van der Waals surface area contributed by atoms with E-state index >= 15 is 0 Å². The SMILES string of the molecule is CCCc1ccc(C)c2nsnc12. The van der Waals surface area contributed by atoms with E-state index in [-0.39, 0.29) is 0 Å². The lowest BCUT2D eigenvalue weighted by Gasteiger charge is -2.00. The maximum Gasteiger partial charge on any atom is 0.108 e. The van der Waals surface area contributed by atoms with Crippen LogP contribution in [0.1, 0.15) is 24.5 Å². The number of rotatable bonds is 2. The summed E-state index contributed by atoms with van der Waals surface area (Å²) in [6.45, 7) is 4.27. The molecule has 0 atom stereocenters. The van der Waals surface area contributed by atoms with Crippen LogP contribution in [0.25, 0.3) is 11.0 Å². The van der Waals surface area contributed by atoms with Crippen LogP contribution in [-0.4, -0.2) is 8.75 Å². The first-order valence-corrected chi connectivity index (χ1v) is 5.26. The van der Waals surface area contributed by atoms with Gasteiger partial charge in [0.15, 0.2) is 0 Å². The number of aryl methyl sites for hydroxylation is 2. The highest BCUT2D eigenvalue weighted by atomic mass is 32.1. The van der Waals surface area contributed by atoms with Gasteiger partial charge in [0, 0.05) is 0 Å². The number of fused-ring (bicyclic) bond motifs is 1. The van der Waals surface area contributed by atoms with E-state index in [1.165, 1.54) is 22.9 Å². The van der Waals surface area contributed by atoms with E-state index in [9.17, 15) is 0 Å². The molecule has 1 aromatic heterocycles. The summed E-state index contributed by atoms with van der Waals surface area (Å²) < 4.78 is 8.62. The van der Waals surface area contributed by atoms with Gasteiger partial charge in [0.1, 0.15) is 11.0 Å². The summed E-state index contributed by atoms with van der Waals surface area (Å²) in [4.78, 5) is 0. The Morgan fingerprint density at radius 3 is 2.77 bits per heavy atom. The molecule has 0 N–H and O–H groups in total. The molecule has 0 unspecified atom stereocenters. The maximum absolute atomic E-state index is 4.33. The second-order valence-corrected chi connectivity index (χ2v) is 3.78. The summed E-state index contributed by atoms with van der Waals surface area (Å²) in [6.07, 6.45) is 2.26. The highest BCUT2D eigenvalue weighted by molar-refractivity contribution is 7.00. The topological polar surface area (TPSA) is 25.8 Å². The minimum Gasteiger partial charge on any atom is -0.173 e. The molecule has 3 heteroatoms. The first-order valence-electron chi connectivity index (χ1n) is 4.53. The summed E-state index contributed by atoms with van der Waals surface area (Å²) >= 11 is 1.31. The van der Waals surface area contributed by atoms with Crippen molar-refractivity contribution < 1.29 is 0 Å². The first kappa shape index (κ1) is 8.63. The Hall–Kier alpha value is -0.960. The predicted molar refractivity (Wildman–Crippen MR) is 56.1 cm³/mol. The fraction of sp³-hybridized carbons (Fsp3) is 0.400. The van der Waals surface area contributed by atoms with Crippen LogP contribution in [0.4, 0.5) is 0 Å². The lowest BCUT2D eigenvalue weighted by Crippen LogP contribution is -1.87. The van der Waals surface area contributed by atoms with Crippen LogP contribution in [0.5, 0.6) is 0 Å². The molecule has 1 aromatic carbocycles. The molecule has 2 aromatic rings. The monoisotopic (exact) mass is 192 g/mol. The molecule has 0 fully saturated rings. The van der Waals surface area contributed by atoms with Gasteiger partial charge in [0.2, 0.25) is 0 Å². The summed E-state index contributed by atoms with van der Waals surface area (Å²) in [7, 11) is 0. The molecule has 2 nitrogen and oxygen atoms in total. The largest absolute Gasteiger partial charge is 0.173 e. The van der Waals surface area contributed by atoms with Crippen molar-refractivity contribution in [2.75, 3.05) is 0 Å². The van der Waals surface area contributed by atoms with Gasteiger partial charge in [-0.15, -0.1) is 0 Å². The summed E-state index contributed by atoms with van der Waals surface area (Å²) in [5, 5.41) is 0. The molecule has 0 spiro atoms. The Morgan fingerprint density at radius 2 is 2.00 bits per heavy atom. The zero-order valence-electron chi connectivity index (χ0n) is 7.87. The molecule has 0 bridgehead atoms. The fourth-order valence-electron chi connectivity index (χ4n) is 1.51. The molecule has 0 saturated carbocycles. The minimum atomic E-state index is 1.08. The van der Waals surface area contributed by atoms with Crippen molar-refractivity contribution >= 4 is 22.8 Å². The molecule has 68 valence electrons. The van der Waals surface area contributed by atoms with Gasteiger partial charge in [-0.25, -0.2) is 0 Å². The highest BCUT2D eigenvalue weighted by Crippen LogP contribution is 2.21. The van der Waals surface area contributed by atoms with E-state index < -0.39 is 0 Å². The lowest BCUT2D eigenvalue weighted by molar-refractivity contribution is 0.927. The van der Waals surface area contributed by atoms with Crippen molar-refractivity contribution in [2.24, 2.45) is 0 Å². The van der Waals surface area contributed by atoms with E-state index in [0.29, 0.717) is 0 Å². The van der Waals surface area contributed by atoms with Gasteiger partial charge in [-0.3, -0.25) is 0 Å². The van der Waals surface area contributed by atoms with E-state index in [4.69, 9.17) is 0 Å². The Kier molecular flexibility index (Phi) is 2.27. The van der Waals surface area contributed by atoms with Crippen molar-refractivity contribution in [3.8, 4) is 0 Å². The van der Waals surface area contributed by atoms with E-state index in [2.05, 4.69) is 34.7 Å². The molecule has 0 aliphatic heterocycles. The minimum absolute atomic E-state index is 1.08. The third kappa shape index (κ3) is 1.44. The van der Waals surface area contributed by atoms with Gasteiger partial charge in [-0.1, -0.05) is 25.5 Å². The van der Waals surface area contributed by atoms with E-state index in [0.717, 1.165) is 23.9 Å². The van der Waals surface area contributed by atoms with Crippen LogP contribution in [0.15, 0.2) is 12.1 Å². The van der Waals surface area contributed by atoms with Crippen LogP contribution >= 0.6 is 11.7 Å². The van der Waals surface area contributed by atoms with Crippen molar-refractivity contribution in [3.05, 3.63) is 23.3 Å². The zero-order valence-corrected chi connectivity index (χ0v) is 8.69. The number of nitrogens with zero attached hydrogens (tertiary/aromatic N) is 2. The van der Waals surface area contributed by atoms with Crippen molar-refractivity contribution in [3.63, 3.8) is 0 Å². The van der Waals surface area contributed by atoms with Gasteiger partial charge < -0.3 is 0 Å². The second-order valence-electron chi connectivity index (χ2n) is 3.25. The van der Waals surface area contributed by atoms with E-state index in [1.54, 1.807) is 0 Å².